The van der Waals surface area contributed by atoms with Gasteiger partial charge in [-0.15, -0.1) is 0 Å². The summed E-state index contributed by atoms with van der Waals surface area (Å²) in [4.78, 5) is 17.8. The first-order valence-corrected chi connectivity index (χ1v) is 4.63. The van der Waals surface area contributed by atoms with E-state index >= 15 is 0 Å². The Kier molecular flexibility index (Phi) is 3.24. The van der Waals surface area contributed by atoms with Crippen LogP contribution in [-0.2, 0) is 0 Å². The maximum atomic E-state index is 11.3. The summed E-state index contributed by atoms with van der Waals surface area (Å²) < 4.78 is 0. The number of H-pyrrole nitrogens is 1. The van der Waals surface area contributed by atoms with Crippen molar-refractivity contribution in [2.24, 2.45) is 5.73 Å². The van der Waals surface area contributed by atoms with Gasteiger partial charge in [0.1, 0.15) is 0 Å². The average Bonchev–Trinajstić information content (AvgIpc) is 2.21. The zero-order valence-electron chi connectivity index (χ0n) is 8.50. The predicted molar refractivity (Wildman–Crippen MR) is 56.2 cm³/mol. The van der Waals surface area contributed by atoms with Crippen molar-refractivity contribution < 1.29 is 0 Å². The van der Waals surface area contributed by atoms with Crippen molar-refractivity contribution in [3.05, 3.63) is 22.7 Å². The highest BCUT2D eigenvalue weighted by Gasteiger charge is 2.20. The standard InChI is InChI=1S/C9H16N4O/c1-3-9(2,6-10)13-7-8(14)12-5-4-11-7/h4-5H,3,6,10H2,1-2H3,(H,11,13)(H,12,14). The van der Waals surface area contributed by atoms with Gasteiger partial charge in [-0.05, 0) is 13.3 Å². The molecule has 5 nitrogen and oxygen atoms in total. The van der Waals surface area contributed by atoms with E-state index in [9.17, 15) is 4.79 Å². The second kappa shape index (κ2) is 4.23. The lowest BCUT2D eigenvalue weighted by Gasteiger charge is -2.27. The number of nitrogens with zero attached hydrogens (tertiary/aromatic N) is 1. The molecule has 1 aromatic heterocycles. The van der Waals surface area contributed by atoms with E-state index in [0.717, 1.165) is 6.42 Å². The first-order valence-electron chi connectivity index (χ1n) is 4.63. The molecule has 5 heteroatoms. The van der Waals surface area contributed by atoms with Crippen molar-refractivity contribution in [3.8, 4) is 0 Å². The van der Waals surface area contributed by atoms with Crippen LogP contribution in [0.25, 0.3) is 0 Å². The Hall–Kier alpha value is -1.36. The highest BCUT2D eigenvalue weighted by molar-refractivity contribution is 5.34. The molecule has 0 saturated carbocycles. The van der Waals surface area contributed by atoms with E-state index in [4.69, 9.17) is 5.73 Å². The Balaban J connectivity index is 2.88. The molecule has 0 aliphatic rings. The first-order chi connectivity index (χ1) is 6.61. The van der Waals surface area contributed by atoms with E-state index < -0.39 is 0 Å². The zero-order chi connectivity index (χ0) is 10.6. The Bertz CT molecular complexity index is 343. The van der Waals surface area contributed by atoms with E-state index in [-0.39, 0.29) is 11.1 Å². The zero-order valence-corrected chi connectivity index (χ0v) is 8.50. The number of aromatic amines is 1. The Labute approximate surface area is 82.7 Å². The molecule has 0 aromatic carbocycles. The van der Waals surface area contributed by atoms with Gasteiger partial charge in [0.05, 0.1) is 0 Å². The van der Waals surface area contributed by atoms with E-state index in [1.165, 1.54) is 12.4 Å². The number of hydrogen-bond donors (Lipinski definition) is 3. The summed E-state index contributed by atoms with van der Waals surface area (Å²) in [6.45, 7) is 4.43. The SMILES string of the molecule is CCC(C)(CN)Nc1ncc[nH]c1=O. The Morgan fingerprint density at radius 3 is 2.93 bits per heavy atom. The molecule has 0 radical (unpaired) electrons. The third kappa shape index (κ3) is 2.32. The van der Waals surface area contributed by atoms with Gasteiger partial charge in [0.15, 0.2) is 5.82 Å². The van der Waals surface area contributed by atoms with Crippen LogP contribution < -0.4 is 16.6 Å². The second-order valence-electron chi connectivity index (χ2n) is 3.51. The minimum atomic E-state index is -0.276. The van der Waals surface area contributed by atoms with Crippen LogP contribution in [0, 0.1) is 0 Å². The molecule has 1 unspecified atom stereocenters. The number of hydrogen-bond acceptors (Lipinski definition) is 4. The maximum Gasteiger partial charge on any atom is 0.290 e. The molecule has 0 aliphatic carbocycles. The van der Waals surface area contributed by atoms with Crippen LogP contribution in [0.2, 0.25) is 0 Å². The van der Waals surface area contributed by atoms with Crippen LogP contribution in [0.1, 0.15) is 20.3 Å². The lowest BCUT2D eigenvalue weighted by Crippen LogP contribution is -2.43. The van der Waals surface area contributed by atoms with Crippen molar-refractivity contribution >= 4 is 5.82 Å². The van der Waals surface area contributed by atoms with Gasteiger partial charge < -0.3 is 16.0 Å². The van der Waals surface area contributed by atoms with Crippen LogP contribution in [0.15, 0.2) is 17.2 Å². The minimum Gasteiger partial charge on any atom is -0.359 e. The van der Waals surface area contributed by atoms with Crippen LogP contribution in [-0.4, -0.2) is 22.1 Å². The maximum absolute atomic E-state index is 11.3. The monoisotopic (exact) mass is 196 g/mol. The van der Waals surface area contributed by atoms with E-state index in [1.807, 2.05) is 13.8 Å². The molecule has 0 fully saturated rings. The van der Waals surface area contributed by atoms with E-state index in [2.05, 4.69) is 15.3 Å². The molecule has 4 N–H and O–H groups in total. The van der Waals surface area contributed by atoms with Crippen molar-refractivity contribution in [1.29, 1.82) is 0 Å². The first kappa shape index (κ1) is 10.7. The van der Waals surface area contributed by atoms with Gasteiger partial charge in [0.2, 0.25) is 0 Å². The van der Waals surface area contributed by atoms with Gasteiger partial charge in [-0.1, -0.05) is 6.92 Å². The number of nitrogens with one attached hydrogen (secondary N) is 2. The number of nitrogens with two attached hydrogens (primary N) is 1. The second-order valence-corrected chi connectivity index (χ2v) is 3.51. The highest BCUT2D eigenvalue weighted by Crippen LogP contribution is 2.11. The van der Waals surface area contributed by atoms with Crippen LogP contribution in [0.4, 0.5) is 5.82 Å². The highest BCUT2D eigenvalue weighted by atomic mass is 16.1. The summed E-state index contributed by atoms with van der Waals surface area (Å²) >= 11 is 0. The molecule has 78 valence electrons. The van der Waals surface area contributed by atoms with Crippen molar-refractivity contribution in [2.75, 3.05) is 11.9 Å². The Morgan fingerprint density at radius 1 is 1.71 bits per heavy atom. The average molecular weight is 196 g/mol. The van der Waals surface area contributed by atoms with Crippen LogP contribution >= 0.6 is 0 Å². The summed E-state index contributed by atoms with van der Waals surface area (Å²) in [5.41, 5.74) is 5.11. The lowest BCUT2D eigenvalue weighted by atomic mass is 9.99. The summed E-state index contributed by atoms with van der Waals surface area (Å²) in [5.74, 6) is 0.322. The fraction of sp³-hybridized carbons (Fsp3) is 0.556. The van der Waals surface area contributed by atoms with Gasteiger partial charge in [-0.25, -0.2) is 4.98 Å². The van der Waals surface area contributed by atoms with Crippen LogP contribution in [0.3, 0.4) is 0 Å². The molecule has 0 bridgehead atoms. The quantitative estimate of drug-likeness (QED) is 0.647. The summed E-state index contributed by atoms with van der Waals surface area (Å²) in [7, 11) is 0. The third-order valence-electron chi connectivity index (χ3n) is 2.36. The van der Waals surface area contributed by atoms with Gasteiger partial charge in [0.25, 0.3) is 5.56 Å². The smallest absolute Gasteiger partial charge is 0.290 e. The summed E-state index contributed by atoms with van der Waals surface area (Å²) in [6, 6.07) is 0. The van der Waals surface area contributed by atoms with Crippen molar-refractivity contribution in [3.63, 3.8) is 0 Å². The molecular formula is C9H16N4O. The number of rotatable bonds is 4. The van der Waals surface area contributed by atoms with Gasteiger partial charge in [0, 0.05) is 24.5 Å². The molecule has 14 heavy (non-hydrogen) atoms. The molecular weight excluding hydrogens is 180 g/mol. The Morgan fingerprint density at radius 2 is 2.43 bits per heavy atom. The van der Waals surface area contributed by atoms with Crippen molar-refractivity contribution in [1.82, 2.24) is 9.97 Å². The van der Waals surface area contributed by atoms with Gasteiger partial charge in [-0.2, -0.15) is 0 Å². The van der Waals surface area contributed by atoms with Crippen LogP contribution in [0.5, 0.6) is 0 Å². The third-order valence-corrected chi connectivity index (χ3v) is 2.36. The predicted octanol–water partition coefficient (Wildman–Crippen LogP) is 0.309. The van der Waals surface area contributed by atoms with Crippen molar-refractivity contribution in [2.45, 2.75) is 25.8 Å². The van der Waals surface area contributed by atoms with Gasteiger partial charge in [-0.3, -0.25) is 4.79 Å². The fourth-order valence-corrected chi connectivity index (χ4v) is 1.01. The molecule has 1 aromatic rings. The van der Waals surface area contributed by atoms with E-state index in [1.54, 1.807) is 0 Å². The molecule has 1 atom stereocenters. The molecule has 0 aliphatic heterocycles. The van der Waals surface area contributed by atoms with Gasteiger partial charge >= 0.3 is 0 Å². The molecule has 0 amide bonds. The lowest BCUT2D eigenvalue weighted by molar-refractivity contribution is 0.503. The van der Waals surface area contributed by atoms with E-state index in [0.29, 0.717) is 12.4 Å². The summed E-state index contributed by atoms with van der Waals surface area (Å²) in [6.07, 6.45) is 3.87. The largest absolute Gasteiger partial charge is 0.359 e. The molecule has 0 saturated heterocycles. The molecule has 0 spiro atoms. The number of anilines is 1. The fourth-order valence-electron chi connectivity index (χ4n) is 1.01. The molecule has 1 heterocycles. The topological polar surface area (TPSA) is 83.8 Å². The normalized spacial score (nSPS) is 14.8. The molecule has 1 rings (SSSR count). The summed E-state index contributed by atoms with van der Waals surface area (Å²) in [5, 5.41) is 3.04. The minimum absolute atomic E-state index is 0.222. The number of aromatic nitrogens is 2.